The summed E-state index contributed by atoms with van der Waals surface area (Å²) in [7, 11) is 0. The summed E-state index contributed by atoms with van der Waals surface area (Å²) in [5.41, 5.74) is 22.0. The number of benzene rings is 1. The van der Waals surface area contributed by atoms with Crippen molar-refractivity contribution in [2.24, 2.45) is 17.2 Å². The Morgan fingerprint density at radius 2 is 1.92 bits per heavy atom. The highest BCUT2D eigenvalue weighted by Crippen LogP contribution is 2.29. The van der Waals surface area contributed by atoms with Crippen LogP contribution in [-0.2, 0) is 12.2 Å². The molecule has 0 radical (unpaired) electrons. The first kappa shape index (κ1) is 17.0. The highest BCUT2D eigenvalue weighted by Gasteiger charge is 2.18. The number of aromatic nitrogens is 3. The Morgan fingerprint density at radius 3 is 2.52 bits per heavy atom. The van der Waals surface area contributed by atoms with Crippen LogP contribution in [0.25, 0.3) is 11.3 Å². The summed E-state index contributed by atoms with van der Waals surface area (Å²) < 4.78 is 0. The molecule has 0 spiro atoms. The zero-order valence-corrected chi connectivity index (χ0v) is 13.9. The van der Waals surface area contributed by atoms with Gasteiger partial charge in [0.2, 0.25) is 0 Å². The maximum Gasteiger partial charge on any atom is 0.152 e. The Bertz CT molecular complexity index is 823. The number of rotatable bonds is 7. The molecule has 1 aromatic carbocycles. The van der Waals surface area contributed by atoms with Crippen molar-refractivity contribution in [3.05, 3.63) is 72.1 Å². The lowest BCUT2D eigenvalue weighted by Gasteiger charge is -2.19. The van der Waals surface area contributed by atoms with E-state index in [1.54, 1.807) is 6.08 Å². The van der Waals surface area contributed by atoms with E-state index in [0.29, 0.717) is 18.5 Å². The lowest BCUT2D eigenvalue weighted by molar-refractivity contribution is 0.488. The summed E-state index contributed by atoms with van der Waals surface area (Å²) in [4.78, 5) is 3.23. The molecule has 3 aromatic rings. The molecule has 9 N–H and O–H groups in total. The van der Waals surface area contributed by atoms with E-state index in [1.165, 1.54) is 0 Å². The second-order valence-corrected chi connectivity index (χ2v) is 5.98. The average Bonchev–Trinajstić information content (AvgIpc) is 3.23. The Balaban J connectivity index is 1.97. The molecular formula is C18H23N7. The van der Waals surface area contributed by atoms with Crippen LogP contribution in [0.1, 0.15) is 16.8 Å². The van der Waals surface area contributed by atoms with Crippen molar-refractivity contribution in [2.45, 2.75) is 12.2 Å². The van der Waals surface area contributed by atoms with Gasteiger partial charge in [0.25, 0.3) is 0 Å². The molecule has 0 aliphatic heterocycles. The van der Waals surface area contributed by atoms with Crippen molar-refractivity contribution < 1.29 is 0 Å². The number of H-pyrrole nitrogens is 2. The average molecular weight is 337 g/mol. The third-order valence-corrected chi connectivity index (χ3v) is 3.98. The normalized spacial score (nSPS) is 11.5. The second-order valence-electron chi connectivity index (χ2n) is 5.98. The molecule has 7 heteroatoms. The Morgan fingerprint density at radius 1 is 1.16 bits per heavy atom. The number of hydrogen-bond donors (Lipinski definition) is 6. The van der Waals surface area contributed by atoms with Gasteiger partial charge in [-0.25, -0.2) is 0 Å². The molecule has 3 rings (SSSR count). The number of aromatic amines is 2. The van der Waals surface area contributed by atoms with E-state index >= 15 is 0 Å². The second kappa shape index (κ2) is 6.94. The van der Waals surface area contributed by atoms with Crippen molar-refractivity contribution >= 4 is 5.82 Å². The van der Waals surface area contributed by atoms with Gasteiger partial charge in [-0.15, -0.1) is 6.58 Å². The summed E-state index contributed by atoms with van der Waals surface area (Å²) in [6.45, 7) is 4.37. The van der Waals surface area contributed by atoms with Crippen molar-refractivity contribution in [2.75, 3.05) is 11.9 Å². The van der Waals surface area contributed by atoms with Gasteiger partial charge in [-0.1, -0.05) is 30.3 Å². The number of nitrogens with two attached hydrogens (primary N) is 3. The fraction of sp³-hybridized carbons (Fsp3) is 0.167. The summed E-state index contributed by atoms with van der Waals surface area (Å²) in [5.74, 6) is -0.546. The molecule has 0 atom stereocenters. The van der Waals surface area contributed by atoms with Gasteiger partial charge >= 0.3 is 0 Å². The zero-order valence-electron chi connectivity index (χ0n) is 13.9. The number of anilines is 1. The van der Waals surface area contributed by atoms with Crippen LogP contribution in [0, 0.1) is 0 Å². The van der Waals surface area contributed by atoms with E-state index in [0.717, 1.165) is 28.3 Å². The number of hydrogen-bond acceptors (Lipinski definition) is 5. The van der Waals surface area contributed by atoms with E-state index in [1.807, 2.05) is 42.6 Å². The third-order valence-electron chi connectivity index (χ3n) is 3.98. The fourth-order valence-corrected chi connectivity index (χ4v) is 2.68. The zero-order chi connectivity index (χ0) is 17.9. The van der Waals surface area contributed by atoms with Crippen LogP contribution in [0.15, 0.2) is 55.3 Å². The first-order valence-corrected chi connectivity index (χ1v) is 8.01. The largest absolute Gasteiger partial charge is 0.365 e. The number of nitrogens with zero attached hydrogens (tertiary/aromatic N) is 1. The van der Waals surface area contributed by atoms with Crippen LogP contribution >= 0.6 is 0 Å². The highest BCUT2D eigenvalue weighted by molar-refractivity contribution is 5.70. The quantitative estimate of drug-likeness (QED) is 0.287. The topological polar surface area (TPSA) is 135 Å². The summed E-state index contributed by atoms with van der Waals surface area (Å²) >= 11 is 0. The molecule has 0 aliphatic carbocycles. The Labute approximate surface area is 146 Å². The molecule has 0 fully saturated rings. The van der Waals surface area contributed by atoms with Gasteiger partial charge < -0.3 is 10.3 Å². The van der Waals surface area contributed by atoms with Crippen molar-refractivity contribution in [1.82, 2.24) is 15.2 Å². The molecule has 0 saturated heterocycles. The van der Waals surface area contributed by atoms with Crippen LogP contribution < -0.4 is 22.5 Å². The summed E-state index contributed by atoms with van der Waals surface area (Å²) in [6, 6.07) is 11.5. The van der Waals surface area contributed by atoms with Gasteiger partial charge in [0.15, 0.2) is 5.82 Å². The predicted octanol–water partition coefficient (Wildman–Crippen LogP) is 1.58. The SMILES string of the molecule is C=CCNc1n[nH]c(-c2ccc(C(N)(N)N)cc2)c1Cc1ccc[nH]1. The first-order valence-electron chi connectivity index (χ1n) is 8.01. The standard InChI is InChI=1S/C18H23N7/c1-2-9-23-17-15(11-14-4-3-10-22-14)16(24-25-17)12-5-7-13(8-6-12)18(19,20)21/h2-8,10,22H,1,9,11,19-21H2,(H2,23,24,25). The van der Waals surface area contributed by atoms with Crippen molar-refractivity contribution in [1.29, 1.82) is 0 Å². The molecule has 0 aliphatic rings. The van der Waals surface area contributed by atoms with Gasteiger partial charge in [0.05, 0.1) is 5.69 Å². The molecule has 7 nitrogen and oxygen atoms in total. The minimum Gasteiger partial charge on any atom is -0.365 e. The molecular weight excluding hydrogens is 314 g/mol. The maximum atomic E-state index is 5.74. The molecule has 0 amide bonds. The van der Waals surface area contributed by atoms with E-state index in [4.69, 9.17) is 17.2 Å². The molecule has 2 aromatic heterocycles. The smallest absolute Gasteiger partial charge is 0.152 e. The lowest BCUT2D eigenvalue weighted by Crippen LogP contribution is -2.54. The number of nitrogens with one attached hydrogen (secondary N) is 3. The van der Waals surface area contributed by atoms with Crippen molar-refractivity contribution in [3.63, 3.8) is 0 Å². The molecule has 0 unspecified atom stereocenters. The summed E-state index contributed by atoms with van der Waals surface area (Å²) in [5, 5.41) is 10.8. The van der Waals surface area contributed by atoms with Crippen LogP contribution in [0.5, 0.6) is 0 Å². The van der Waals surface area contributed by atoms with Gasteiger partial charge in [0.1, 0.15) is 5.79 Å². The molecule has 2 heterocycles. The van der Waals surface area contributed by atoms with E-state index in [2.05, 4.69) is 27.1 Å². The Kier molecular flexibility index (Phi) is 4.71. The molecule has 0 saturated carbocycles. The van der Waals surface area contributed by atoms with Crippen LogP contribution in [0.3, 0.4) is 0 Å². The predicted molar refractivity (Wildman–Crippen MR) is 101 cm³/mol. The minimum absolute atomic E-state index is 0.636. The lowest BCUT2D eigenvalue weighted by atomic mass is 10.0. The van der Waals surface area contributed by atoms with Crippen molar-refractivity contribution in [3.8, 4) is 11.3 Å². The maximum absolute atomic E-state index is 5.74. The monoisotopic (exact) mass is 337 g/mol. The van der Waals surface area contributed by atoms with Gasteiger partial charge in [-0.2, -0.15) is 5.10 Å². The highest BCUT2D eigenvalue weighted by atomic mass is 15.2. The van der Waals surface area contributed by atoms with Gasteiger partial charge in [0, 0.05) is 36.0 Å². The molecule has 25 heavy (non-hydrogen) atoms. The minimum atomic E-state index is -1.35. The third kappa shape index (κ3) is 3.80. The summed E-state index contributed by atoms with van der Waals surface area (Å²) in [6.07, 6.45) is 4.42. The van der Waals surface area contributed by atoms with Crippen LogP contribution in [-0.4, -0.2) is 21.7 Å². The van der Waals surface area contributed by atoms with Crippen LogP contribution in [0.4, 0.5) is 5.82 Å². The molecule has 130 valence electrons. The Hall–Kier alpha value is -2.87. The van der Waals surface area contributed by atoms with E-state index in [-0.39, 0.29) is 0 Å². The van der Waals surface area contributed by atoms with E-state index in [9.17, 15) is 0 Å². The van der Waals surface area contributed by atoms with Crippen LogP contribution in [0.2, 0.25) is 0 Å². The van der Waals surface area contributed by atoms with Gasteiger partial charge in [-0.05, 0) is 17.7 Å². The fourth-order valence-electron chi connectivity index (χ4n) is 2.68. The van der Waals surface area contributed by atoms with E-state index < -0.39 is 5.79 Å². The first-order chi connectivity index (χ1) is 12.0. The van der Waals surface area contributed by atoms with Gasteiger partial charge in [-0.3, -0.25) is 22.3 Å². The molecule has 0 bridgehead atoms.